The van der Waals surface area contributed by atoms with Gasteiger partial charge in [0.1, 0.15) is 0 Å². The van der Waals surface area contributed by atoms with Crippen molar-refractivity contribution in [2.75, 3.05) is 19.6 Å². The van der Waals surface area contributed by atoms with E-state index in [9.17, 15) is 0 Å². The quantitative estimate of drug-likeness (QED) is 0.790. The second kappa shape index (κ2) is 6.02. The molecule has 0 saturated carbocycles. The van der Waals surface area contributed by atoms with E-state index in [1.165, 1.54) is 58.2 Å². The van der Waals surface area contributed by atoms with E-state index in [0.29, 0.717) is 0 Å². The van der Waals surface area contributed by atoms with Gasteiger partial charge in [-0.3, -0.25) is 4.90 Å². The first-order valence-corrected chi connectivity index (χ1v) is 7.27. The Morgan fingerprint density at radius 2 is 1.88 bits per heavy atom. The molecule has 1 N–H and O–H groups in total. The Hall–Kier alpha value is -0.0800. The van der Waals surface area contributed by atoms with Gasteiger partial charge in [0.05, 0.1) is 0 Å². The summed E-state index contributed by atoms with van der Waals surface area (Å²) in [5.74, 6) is 0.992. The van der Waals surface area contributed by atoms with Crippen LogP contribution in [-0.2, 0) is 0 Å². The second-order valence-corrected chi connectivity index (χ2v) is 5.71. The van der Waals surface area contributed by atoms with Gasteiger partial charge < -0.3 is 5.32 Å². The van der Waals surface area contributed by atoms with Gasteiger partial charge >= 0.3 is 0 Å². The summed E-state index contributed by atoms with van der Waals surface area (Å²) in [6.45, 7) is 8.61. The molecule has 94 valence electrons. The van der Waals surface area contributed by atoms with E-state index >= 15 is 0 Å². The van der Waals surface area contributed by atoms with Crippen LogP contribution in [0.4, 0.5) is 0 Å². The van der Waals surface area contributed by atoms with Crippen molar-refractivity contribution in [1.29, 1.82) is 0 Å². The van der Waals surface area contributed by atoms with Gasteiger partial charge in [0.2, 0.25) is 0 Å². The molecule has 2 saturated heterocycles. The van der Waals surface area contributed by atoms with Crippen LogP contribution in [0.3, 0.4) is 0 Å². The Bertz CT molecular complexity index is 199. The van der Waals surface area contributed by atoms with Crippen LogP contribution in [0.25, 0.3) is 0 Å². The monoisotopic (exact) mass is 224 g/mol. The van der Waals surface area contributed by atoms with Crippen LogP contribution in [0.5, 0.6) is 0 Å². The van der Waals surface area contributed by atoms with Gasteiger partial charge in [-0.2, -0.15) is 0 Å². The number of nitrogens with zero attached hydrogens (tertiary/aromatic N) is 1. The summed E-state index contributed by atoms with van der Waals surface area (Å²) in [5.41, 5.74) is 0. The lowest BCUT2D eigenvalue weighted by Crippen LogP contribution is -2.37. The van der Waals surface area contributed by atoms with Gasteiger partial charge in [0.25, 0.3) is 0 Å². The molecule has 0 amide bonds. The first-order valence-electron chi connectivity index (χ1n) is 7.27. The maximum atomic E-state index is 3.46. The predicted molar refractivity (Wildman–Crippen MR) is 69.7 cm³/mol. The van der Waals surface area contributed by atoms with Gasteiger partial charge in [-0.1, -0.05) is 6.92 Å². The van der Waals surface area contributed by atoms with E-state index in [1.54, 1.807) is 0 Å². The van der Waals surface area contributed by atoms with Crippen molar-refractivity contribution in [2.24, 2.45) is 5.92 Å². The summed E-state index contributed by atoms with van der Waals surface area (Å²) in [6.07, 6.45) is 8.44. The van der Waals surface area contributed by atoms with Crippen molar-refractivity contribution in [2.45, 2.75) is 64.5 Å². The third-order valence-corrected chi connectivity index (χ3v) is 4.68. The molecule has 2 rings (SSSR count). The van der Waals surface area contributed by atoms with E-state index < -0.39 is 0 Å². The number of hydrogen-bond acceptors (Lipinski definition) is 2. The standard InChI is InChI=1S/C14H28N2/c1-3-14-5-4-12(2)16(14)11-8-13-6-9-15-10-7-13/h12-15H,3-11H2,1-2H3. The molecule has 2 fully saturated rings. The highest BCUT2D eigenvalue weighted by atomic mass is 15.2. The molecule has 2 aliphatic heterocycles. The average Bonchev–Trinajstić information content (AvgIpc) is 2.69. The van der Waals surface area contributed by atoms with E-state index in [1.807, 2.05) is 0 Å². The molecule has 0 bridgehead atoms. The molecular formula is C14H28N2. The van der Waals surface area contributed by atoms with Crippen LogP contribution < -0.4 is 5.32 Å². The van der Waals surface area contributed by atoms with Crippen molar-refractivity contribution in [1.82, 2.24) is 10.2 Å². The summed E-state index contributed by atoms with van der Waals surface area (Å²) < 4.78 is 0. The van der Waals surface area contributed by atoms with Crippen LogP contribution in [-0.4, -0.2) is 36.6 Å². The highest BCUT2D eigenvalue weighted by Crippen LogP contribution is 2.27. The minimum Gasteiger partial charge on any atom is -0.317 e. The molecule has 0 spiro atoms. The Labute approximate surface area is 101 Å². The summed E-state index contributed by atoms with van der Waals surface area (Å²) >= 11 is 0. The van der Waals surface area contributed by atoms with Gasteiger partial charge in [0.15, 0.2) is 0 Å². The van der Waals surface area contributed by atoms with Crippen molar-refractivity contribution < 1.29 is 0 Å². The Morgan fingerprint density at radius 1 is 1.12 bits per heavy atom. The summed E-state index contributed by atoms with van der Waals surface area (Å²) in [7, 11) is 0. The topological polar surface area (TPSA) is 15.3 Å². The van der Waals surface area contributed by atoms with Crippen LogP contribution in [0, 0.1) is 5.92 Å². The molecule has 0 aromatic rings. The molecule has 2 heteroatoms. The molecule has 0 aromatic heterocycles. The van der Waals surface area contributed by atoms with Gasteiger partial charge in [-0.15, -0.1) is 0 Å². The Balaban J connectivity index is 1.74. The van der Waals surface area contributed by atoms with Gasteiger partial charge in [0, 0.05) is 12.1 Å². The smallest absolute Gasteiger partial charge is 0.00960 e. The molecule has 0 aromatic carbocycles. The molecule has 2 heterocycles. The zero-order valence-electron chi connectivity index (χ0n) is 11.0. The maximum absolute atomic E-state index is 3.46. The fourth-order valence-electron chi connectivity index (χ4n) is 3.47. The van der Waals surface area contributed by atoms with E-state index in [4.69, 9.17) is 0 Å². The molecule has 2 unspecified atom stereocenters. The van der Waals surface area contributed by atoms with Gasteiger partial charge in [-0.05, 0) is 71.0 Å². The molecule has 2 nitrogen and oxygen atoms in total. The first-order chi connectivity index (χ1) is 7.81. The van der Waals surface area contributed by atoms with Crippen LogP contribution in [0.2, 0.25) is 0 Å². The van der Waals surface area contributed by atoms with Crippen molar-refractivity contribution >= 4 is 0 Å². The minimum absolute atomic E-state index is 0.840. The first kappa shape index (κ1) is 12.4. The van der Waals surface area contributed by atoms with Crippen molar-refractivity contribution in [3.8, 4) is 0 Å². The van der Waals surface area contributed by atoms with Crippen molar-refractivity contribution in [3.05, 3.63) is 0 Å². The lowest BCUT2D eigenvalue weighted by Gasteiger charge is -2.30. The summed E-state index contributed by atoms with van der Waals surface area (Å²) in [6, 6.07) is 1.73. The number of nitrogens with one attached hydrogen (secondary N) is 1. The number of hydrogen-bond donors (Lipinski definition) is 1. The molecule has 16 heavy (non-hydrogen) atoms. The zero-order chi connectivity index (χ0) is 11.4. The molecule has 0 radical (unpaired) electrons. The van der Waals surface area contributed by atoms with E-state index in [0.717, 1.165) is 18.0 Å². The van der Waals surface area contributed by atoms with Crippen LogP contribution in [0.1, 0.15) is 52.4 Å². The van der Waals surface area contributed by atoms with Crippen LogP contribution in [0.15, 0.2) is 0 Å². The molecule has 2 aliphatic rings. The molecule has 2 atom stereocenters. The highest BCUT2D eigenvalue weighted by Gasteiger charge is 2.29. The summed E-state index contributed by atoms with van der Waals surface area (Å²) in [4.78, 5) is 2.78. The lowest BCUT2D eigenvalue weighted by atomic mass is 9.94. The Morgan fingerprint density at radius 3 is 2.56 bits per heavy atom. The number of piperidine rings is 1. The average molecular weight is 224 g/mol. The second-order valence-electron chi connectivity index (χ2n) is 5.71. The fourth-order valence-corrected chi connectivity index (χ4v) is 3.47. The SMILES string of the molecule is CCC1CCC(C)N1CCC1CCNCC1. The molecule has 0 aliphatic carbocycles. The van der Waals surface area contributed by atoms with E-state index in [2.05, 4.69) is 24.1 Å². The zero-order valence-corrected chi connectivity index (χ0v) is 11.0. The number of rotatable bonds is 4. The molecular weight excluding hydrogens is 196 g/mol. The van der Waals surface area contributed by atoms with Crippen LogP contribution >= 0.6 is 0 Å². The number of likely N-dealkylation sites (tertiary alicyclic amines) is 1. The van der Waals surface area contributed by atoms with Gasteiger partial charge in [-0.25, -0.2) is 0 Å². The minimum atomic E-state index is 0.840. The highest BCUT2D eigenvalue weighted by molar-refractivity contribution is 4.85. The fraction of sp³-hybridized carbons (Fsp3) is 1.00. The van der Waals surface area contributed by atoms with Crippen molar-refractivity contribution in [3.63, 3.8) is 0 Å². The largest absolute Gasteiger partial charge is 0.317 e. The third-order valence-electron chi connectivity index (χ3n) is 4.68. The predicted octanol–water partition coefficient (Wildman–Crippen LogP) is 2.64. The van der Waals surface area contributed by atoms with E-state index in [-0.39, 0.29) is 0 Å². The third kappa shape index (κ3) is 2.98. The lowest BCUT2D eigenvalue weighted by molar-refractivity contribution is 0.177. The summed E-state index contributed by atoms with van der Waals surface area (Å²) in [5, 5.41) is 3.46. The maximum Gasteiger partial charge on any atom is 0.00960 e. The normalized spacial score (nSPS) is 33.4. The Kier molecular flexibility index (Phi) is 4.66.